The van der Waals surface area contributed by atoms with Crippen LogP contribution in [0.1, 0.15) is 30.4 Å². The van der Waals surface area contributed by atoms with E-state index in [2.05, 4.69) is 33.6 Å². The largest absolute Gasteiger partial charge is 0.480 e. The summed E-state index contributed by atoms with van der Waals surface area (Å²) in [5, 5.41) is 18.8. The number of rotatable bonds is 16. The van der Waals surface area contributed by atoms with E-state index in [1.54, 1.807) is 30.5 Å². The molecule has 4 unspecified atom stereocenters. The van der Waals surface area contributed by atoms with Crippen molar-refractivity contribution in [3.8, 4) is 0 Å². The van der Waals surface area contributed by atoms with Gasteiger partial charge in [-0.05, 0) is 43.0 Å². The molecule has 0 aliphatic rings. The van der Waals surface area contributed by atoms with Crippen molar-refractivity contribution >= 4 is 47.2 Å². The van der Waals surface area contributed by atoms with E-state index in [1.807, 2.05) is 30.3 Å². The molecule has 0 spiro atoms. The second-order valence-electron chi connectivity index (χ2n) is 9.85. The van der Waals surface area contributed by atoms with E-state index in [4.69, 9.17) is 11.5 Å². The van der Waals surface area contributed by atoms with Gasteiger partial charge in [0, 0.05) is 35.7 Å². The van der Waals surface area contributed by atoms with Crippen LogP contribution in [0, 0.1) is 0 Å². The highest BCUT2D eigenvalue weighted by Gasteiger charge is 2.30. The topological polar surface area (TPSA) is 192 Å². The van der Waals surface area contributed by atoms with Gasteiger partial charge in [0.1, 0.15) is 18.1 Å². The zero-order chi connectivity index (χ0) is 29.8. The van der Waals surface area contributed by atoms with Gasteiger partial charge in [0.2, 0.25) is 17.7 Å². The van der Waals surface area contributed by atoms with Crippen LogP contribution in [0.15, 0.2) is 60.8 Å². The number of carboxylic acids is 1. The molecule has 220 valence electrons. The lowest BCUT2D eigenvalue weighted by Crippen LogP contribution is -2.58. The van der Waals surface area contributed by atoms with Crippen LogP contribution in [0.2, 0.25) is 0 Å². The molecule has 3 rings (SSSR count). The second kappa shape index (κ2) is 15.8. The fourth-order valence-electron chi connectivity index (χ4n) is 4.45. The van der Waals surface area contributed by atoms with Gasteiger partial charge in [-0.15, -0.1) is 0 Å². The normalized spacial score (nSPS) is 14.0. The van der Waals surface area contributed by atoms with E-state index >= 15 is 0 Å². The maximum Gasteiger partial charge on any atom is 0.326 e. The Morgan fingerprint density at radius 2 is 1.46 bits per heavy atom. The van der Waals surface area contributed by atoms with Crippen LogP contribution >= 0.6 is 12.6 Å². The molecular formula is C29H38N6O5S. The number of fused-ring (bicyclic) bond motifs is 1. The first-order valence-corrected chi connectivity index (χ1v) is 14.2. The summed E-state index contributed by atoms with van der Waals surface area (Å²) >= 11 is 4.05. The van der Waals surface area contributed by atoms with Crippen LogP contribution in [0.25, 0.3) is 10.9 Å². The maximum absolute atomic E-state index is 13.5. The fourth-order valence-corrected chi connectivity index (χ4v) is 4.61. The van der Waals surface area contributed by atoms with E-state index in [0.29, 0.717) is 19.4 Å². The van der Waals surface area contributed by atoms with Crippen LogP contribution in [-0.2, 0) is 32.0 Å². The number of thiol groups is 1. The van der Waals surface area contributed by atoms with Crippen molar-refractivity contribution in [3.63, 3.8) is 0 Å². The molecule has 41 heavy (non-hydrogen) atoms. The van der Waals surface area contributed by atoms with Crippen LogP contribution in [-0.4, -0.2) is 70.2 Å². The predicted molar refractivity (Wildman–Crippen MR) is 160 cm³/mol. The highest BCUT2D eigenvalue weighted by atomic mass is 32.1. The van der Waals surface area contributed by atoms with Gasteiger partial charge in [-0.25, -0.2) is 4.79 Å². The van der Waals surface area contributed by atoms with Crippen LogP contribution in [0.5, 0.6) is 0 Å². The molecule has 0 aliphatic carbocycles. The van der Waals surface area contributed by atoms with Crippen LogP contribution < -0.4 is 27.4 Å². The van der Waals surface area contributed by atoms with Crippen molar-refractivity contribution in [1.29, 1.82) is 0 Å². The van der Waals surface area contributed by atoms with E-state index in [0.717, 1.165) is 22.0 Å². The van der Waals surface area contributed by atoms with Crippen LogP contribution in [0.4, 0.5) is 0 Å². The van der Waals surface area contributed by atoms with Crippen molar-refractivity contribution in [2.75, 3.05) is 12.3 Å². The van der Waals surface area contributed by atoms with Gasteiger partial charge in [-0.2, -0.15) is 12.6 Å². The first kappa shape index (κ1) is 31.7. The molecule has 0 bridgehead atoms. The number of amides is 3. The number of nitrogens with one attached hydrogen (secondary N) is 4. The molecule has 11 nitrogen and oxygen atoms in total. The summed E-state index contributed by atoms with van der Waals surface area (Å²) in [5.41, 5.74) is 13.7. The third-order valence-electron chi connectivity index (χ3n) is 6.74. The van der Waals surface area contributed by atoms with Gasteiger partial charge >= 0.3 is 5.97 Å². The average molecular weight is 583 g/mol. The van der Waals surface area contributed by atoms with E-state index in [9.17, 15) is 24.3 Å². The number of unbranched alkanes of at least 4 members (excludes halogenated alkanes) is 1. The van der Waals surface area contributed by atoms with E-state index in [-0.39, 0.29) is 25.0 Å². The molecule has 2 aromatic carbocycles. The number of carboxylic acid groups (broad SMARTS) is 1. The summed E-state index contributed by atoms with van der Waals surface area (Å²) in [6.07, 6.45) is 3.35. The Hall–Kier alpha value is -3.87. The second-order valence-corrected chi connectivity index (χ2v) is 10.2. The van der Waals surface area contributed by atoms with Crippen LogP contribution in [0.3, 0.4) is 0 Å². The summed E-state index contributed by atoms with van der Waals surface area (Å²) in [7, 11) is 0. The highest BCUT2D eigenvalue weighted by molar-refractivity contribution is 7.80. The molecule has 3 aromatic rings. The highest BCUT2D eigenvalue weighted by Crippen LogP contribution is 2.19. The summed E-state index contributed by atoms with van der Waals surface area (Å²) in [5.74, 6) is -2.90. The van der Waals surface area contributed by atoms with Gasteiger partial charge in [0.15, 0.2) is 0 Å². The van der Waals surface area contributed by atoms with Gasteiger partial charge in [-0.1, -0.05) is 48.5 Å². The molecule has 0 radical (unpaired) electrons. The quantitative estimate of drug-likeness (QED) is 0.0907. The van der Waals surface area contributed by atoms with E-state index < -0.39 is 47.9 Å². The minimum Gasteiger partial charge on any atom is -0.480 e. The Morgan fingerprint density at radius 1 is 0.829 bits per heavy atom. The number of para-hydroxylation sites is 1. The maximum atomic E-state index is 13.5. The van der Waals surface area contributed by atoms with Gasteiger partial charge in [-0.3, -0.25) is 14.4 Å². The fraction of sp³-hybridized carbons (Fsp3) is 0.379. The van der Waals surface area contributed by atoms with Crippen molar-refractivity contribution in [2.45, 2.75) is 56.3 Å². The lowest BCUT2D eigenvalue weighted by atomic mass is 10.0. The molecule has 0 saturated heterocycles. The first-order valence-electron chi connectivity index (χ1n) is 13.5. The Balaban J connectivity index is 1.80. The Kier molecular flexibility index (Phi) is 12.2. The zero-order valence-electron chi connectivity index (χ0n) is 22.7. The number of hydrogen-bond donors (Lipinski definition) is 8. The number of aliphatic carboxylic acids is 1. The number of hydrogen-bond acceptors (Lipinski definition) is 7. The monoisotopic (exact) mass is 582 g/mol. The third-order valence-corrected chi connectivity index (χ3v) is 7.14. The molecule has 1 aromatic heterocycles. The van der Waals surface area contributed by atoms with Gasteiger partial charge in [0.25, 0.3) is 0 Å². The number of nitrogens with two attached hydrogens (primary N) is 2. The summed E-state index contributed by atoms with van der Waals surface area (Å²) in [6.45, 7) is 0.421. The van der Waals surface area contributed by atoms with Crippen molar-refractivity contribution in [3.05, 3.63) is 71.9 Å². The number of carbonyl (C=O) groups is 4. The number of H-pyrrole nitrogens is 1. The van der Waals surface area contributed by atoms with Gasteiger partial charge in [0.05, 0.1) is 6.04 Å². The molecule has 0 fully saturated rings. The molecule has 4 atom stereocenters. The Bertz CT molecular complexity index is 1320. The lowest BCUT2D eigenvalue weighted by Gasteiger charge is -2.25. The summed E-state index contributed by atoms with van der Waals surface area (Å²) in [4.78, 5) is 54.7. The minimum atomic E-state index is -1.25. The molecule has 12 heteroatoms. The van der Waals surface area contributed by atoms with Crippen molar-refractivity contribution in [2.24, 2.45) is 11.5 Å². The first-order chi connectivity index (χ1) is 19.7. The van der Waals surface area contributed by atoms with Crippen molar-refractivity contribution in [1.82, 2.24) is 20.9 Å². The molecule has 0 aliphatic heterocycles. The number of aromatic nitrogens is 1. The van der Waals surface area contributed by atoms with Gasteiger partial charge < -0.3 is 37.5 Å². The number of aromatic amines is 1. The number of benzene rings is 2. The molecular weight excluding hydrogens is 544 g/mol. The lowest BCUT2D eigenvalue weighted by molar-refractivity contribution is -0.142. The molecule has 0 saturated carbocycles. The average Bonchev–Trinajstić information content (AvgIpc) is 3.38. The smallest absolute Gasteiger partial charge is 0.326 e. The van der Waals surface area contributed by atoms with E-state index in [1.165, 1.54) is 0 Å². The zero-order valence-corrected chi connectivity index (χ0v) is 23.6. The third kappa shape index (κ3) is 9.34. The molecule has 9 N–H and O–H groups in total. The Labute approximate surface area is 244 Å². The standard InChI is InChI=1S/C29H38N6O5S/c30-13-7-6-12-23(33-26(36)21(31)17-41)27(37)34-24(14-18-8-2-1-3-9-18)28(38)35-25(29(39)40)15-19-16-32-22-11-5-4-10-20(19)22/h1-5,8-11,16,21,23-25,32,41H,6-7,12-15,17,30-31H2,(H,33,36)(H,34,37)(H,35,38)(H,39,40). The number of carbonyl (C=O) groups excluding carboxylic acids is 3. The predicted octanol–water partition coefficient (Wildman–Crippen LogP) is 0.878. The Morgan fingerprint density at radius 3 is 2.15 bits per heavy atom. The molecule has 3 amide bonds. The minimum absolute atomic E-state index is 0.0382. The molecule has 1 heterocycles. The van der Waals surface area contributed by atoms with Crippen molar-refractivity contribution < 1.29 is 24.3 Å². The SMILES string of the molecule is NCCCCC(NC(=O)C(N)CS)C(=O)NC(Cc1ccccc1)C(=O)NC(Cc1c[nH]c2ccccc12)C(=O)O. The summed E-state index contributed by atoms with van der Waals surface area (Å²) in [6, 6.07) is 12.3. The summed E-state index contributed by atoms with van der Waals surface area (Å²) < 4.78 is 0.